The van der Waals surface area contributed by atoms with E-state index in [1.165, 1.54) is 6.42 Å². The zero-order valence-corrected chi connectivity index (χ0v) is 10.5. The van der Waals surface area contributed by atoms with Gasteiger partial charge in [0, 0.05) is 24.4 Å². The first kappa shape index (κ1) is 11.5. The van der Waals surface area contributed by atoms with Crippen LogP contribution in [-0.2, 0) is 4.79 Å². The van der Waals surface area contributed by atoms with E-state index in [4.69, 9.17) is 0 Å². The van der Waals surface area contributed by atoms with Crippen molar-refractivity contribution in [2.24, 2.45) is 11.8 Å². The zero-order valence-electron chi connectivity index (χ0n) is 10.5. The molecule has 1 aliphatic heterocycles. The molecule has 0 spiro atoms. The number of carbonyl (C=O) groups excluding carboxylic acids is 1. The molecule has 3 heteroatoms. The molecule has 1 amide bonds. The fraction of sp³-hybridized carbons (Fsp3) is 0.929. The first-order valence-electron chi connectivity index (χ1n) is 7.26. The quantitative estimate of drug-likeness (QED) is 0.797. The van der Waals surface area contributed by atoms with Gasteiger partial charge in [0.25, 0.3) is 0 Å². The van der Waals surface area contributed by atoms with Crippen LogP contribution in [0.2, 0.25) is 0 Å². The highest BCUT2D eigenvalue weighted by atomic mass is 16.3. The number of hydrogen-bond acceptors (Lipinski definition) is 2. The molecule has 3 aliphatic rings. The molecule has 1 N–H and O–H groups in total. The summed E-state index contributed by atoms with van der Waals surface area (Å²) in [7, 11) is 0. The van der Waals surface area contributed by atoms with E-state index < -0.39 is 0 Å². The zero-order chi connectivity index (χ0) is 11.8. The standard InChI is InChI=1S/C14H23NO2/c16-13-6-3-4-11(13)12-5-1-2-9-15(12)14(17)10-7-8-10/h10-13,16H,1-9H2. The summed E-state index contributed by atoms with van der Waals surface area (Å²) in [5.74, 6) is 1.07. The van der Waals surface area contributed by atoms with E-state index in [0.717, 1.165) is 51.5 Å². The molecule has 0 radical (unpaired) electrons. The molecule has 0 aromatic rings. The Balaban J connectivity index is 1.72. The average Bonchev–Trinajstić information content (AvgIpc) is 3.11. The summed E-state index contributed by atoms with van der Waals surface area (Å²) in [5.41, 5.74) is 0. The number of carbonyl (C=O) groups is 1. The van der Waals surface area contributed by atoms with Gasteiger partial charge in [-0.15, -0.1) is 0 Å². The van der Waals surface area contributed by atoms with E-state index in [2.05, 4.69) is 4.90 Å². The van der Waals surface area contributed by atoms with Crippen molar-refractivity contribution in [1.29, 1.82) is 0 Å². The highest BCUT2D eigenvalue weighted by molar-refractivity contribution is 5.81. The minimum absolute atomic E-state index is 0.160. The van der Waals surface area contributed by atoms with Gasteiger partial charge in [0.15, 0.2) is 0 Å². The van der Waals surface area contributed by atoms with Gasteiger partial charge in [-0.3, -0.25) is 4.79 Å². The number of nitrogens with zero attached hydrogens (tertiary/aromatic N) is 1. The van der Waals surface area contributed by atoms with Crippen LogP contribution >= 0.6 is 0 Å². The van der Waals surface area contributed by atoms with Crippen LogP contribution in [0.1, 0.15) is 51.4 Å². The SMILES string of the molecule is O=C(C1CC1)N1CCCCC1C1CCCC1O. The Morgan fingerprint density at radius 2 is 1.82 bits per heavy atom. The molecule has 3 fully saturated rings. The number of aliphatic hydroxyl groups excluding tert-OH is 1. The number of rotatable bonds is 2. The Labute approximate surface area is 103 Å². The maximum atomic E-state index is 12.3. The lowest BCUT2D eigenvalue weighted by Crippen LogP contribution is -2.49. The Kier molecular flexibility index (Phi) is 3.12. The van der Waals surface area contributed by atoms with Crippen molar-refractivity contribution in [3.63, 3.8) is 0 Å². The van der Waals surface area contributed by atoms with E-state index in [-0.39, 0.29) is 6.10 Å². The minimum atomic E-state index is -0.160. The van der Waals surface area contributed by atoms with Crippen molar-refractivity contribution in [2.45, 2.75) is 63.5 Å². The fourth-order valence-electron chi connectivity index (χ4n) is 3.66. The van der Waals surface area contributed by atoms with Gasteiger partial charge in [0.1, 0.15) is 0 Å². The number of likely N-dealkylation sites (tertiary alicyclic amines) is 1. The molecule has 0 aromatic heterocycles. The van der Waals surface area contributed by atoms with Crippen LogP contribution in [0.3, 0.4) is 0 Å². The smallest absolute Gasteiger partial charge is 0.225 e. The maximum absolute atomic E-state index is 12.3. The molecule has 1 saturated heterocycles. The lowest BCUT2D eigenvalue weighted by atomic mass is 9.87. The molecular formula is C14H23NO2. The fourth-order valence-corrected chi connectivity index (χ4v) is 3.66. The first-order valence-corrected chi connectivity index (χ1v) is 7.26. The summed E-state index contributed by atoms with van der Waals surface area (Å²) in [4.78, 5) is 14.4. The molecule has 2 aliphatic carbocycles. The van der Waals surface area contributed by atoms with E-state index >= 15 is 0 Å². The van der Waals surface area contributed by atoms with Gasteiger partial charge < -0.3 is 10.0 Å². The topological polar surface area (TPSA) is 40.5 Å². The van der Waals surface area contributed by atoms with Crippen molar-refractivity contribution >= 4 is 5.91 Å². The van der Waals surface area contributed by atoms with Gasteiger partial charge >= 0.3 is 0 Å². The highest BCUT2D eigenvalue weighted by Crippen LogP contribution is 2.38. The molecular weight excluding hydrogens is 214 g/mol. The summed E-state index contributed by atoms with van der Waals surface area (Å²) < 4.78 is 0. The highest BCUT2D eigenvalue weighted by Gasteiger charge is 2.42. The minimum Gasteiger partial charge on any atom is -0.393 e. The predicted molar refractivity (Wildman–Crippen MR) is 65.4 cm³/mol. The Morgan fingerprint density at radius 1 is 1.00 bits per heavy atom. The van der Waals surface area contributed by atoms with Crippen LogP contribution < -0.4 is 0 Å². The summed E-state index contributed by atoms with van der Waals surface area (Å²) in [6, 6.07) is 0.342. The van der Waals surface area contributed by atoms with Crippen molar-refractivity contribution < 1.29 is 9.90 Å². The van der Waals surface area contributed by atoms with Crippen LogP contribution in [0.15, 0.2) is 0 Å². The van der Waals surface area contributed by atoms with E-state index in [1.54, 1.807) is 0 Å². The molecule has 3 rings (SSSR count). The molecule has 1 heterocycles. The molecule has 3 atom stereocenters. The first-order chi connectivity index (χ1) is 8.27. The largest absolute Gasteiger partial charge is 0.393 e. The lowest BCUT2D eigenvalue weighted by molar-refractivity contribution is -0.138. The van der Waals surface area contributed by atoms with Crippen LogP contribution in [0.4, 0.5) is 0 Å². The molecule has 0 bridgehead atoms. The van der Waals surface area contributed by atoms with Crippen molar-refractivity contribution in [3.05, 3.63) is 0 Å². The maximum Gasteiger partial charge on any atom is 0.225 e. The second-order valence-corrected chi connectivity index (χ2v) is 6.03. The molecule has 3 nitrogen and oxygen atoms in total. The predicted octanol–water partition coefficient (Wildman–Crippen LogP) is 1.94. The van der Waals surface area contributed by atoms with Crippen LogP contribution in [-0.4, -0.2) is 34.6 Å². The molecule has 0 aromatic carbocycles. The number of hydrogen-bond donors (Lipinski definition) is 1. The van der Waals surface area contributed by atoms with E-state index in [0.29, 0.717) is 23.8 Å². The van der Waals surface area contributed by atoms with Crippen molar-refractivity contribution in [3.8, 4) is 0 Å². The van der Waals surface area contributed by atoms with Gasteiger partial charge in [-0.25, -0.2) is 0 Å². The summed E-state index contributed by atoms with van der Waals surface area (Å²) in [6.45, 7) is 0.934. The normalized spacial score (nSPS) is 38.4. The van der Waals surface area contributed by atoms with Gasteiger partial charge in [0.2, 0.25) is 5.91 Å². The second-order valence-electron chi connectivity index (χ2n) is 6.03. The van der Waals surface area contributed by atoms with Crippen molar-refractivity contribution in [1.82, 2.24) is 4.90 Å². The monoisotopic (exact) mass is 237 g/mol. The van der Waals surface area contributed by atoms with Gasteiger partial charge in [-0.2, -0.15) is 0 Å². The van der Waals surface area contributed by atoms with Gasteiger partial charge in [-0.05, 0) is 44.9 Å². The van der Waals surface area contributed by atoms with Gasteiger partial charge in [-0.1, -0.05) is 6.42 Å². The van der Waals surface area contributed by atoms with E-state index in [1.807, 2.05) is 0 Å². The van der Waals surface area contributed by atoms with E-state index in [9.17, 15) is 9.90 Å². The van der Waals surface area contributed by atoms with Crippen LogP contribution in [0.5, 0.6) is 0 Å². The Hall–Kier alpha value is -0.570. The molecule has 96 valence electrons. The number of amides is 1. The average molecular weight is 237 g/mol. The van der Waals surface area contributed by atoms with Crippen molar-refractivity contribution in [2.75, 3.05) is 6.54 Å². The third kappa shape index (κ3) is 2.22. The Morgan fingerprint density at radius 3 is 2.47 bits per heavy atom. The molecule has 17 heavy (non-hydrogen) atoms. The lowest BCUT2D eigenvalue weighted by Gasteiger charge is -2.40. The summed E-state index contributed by atoms with van der Waals surface area (Å²) in [5, 5.41) is 10.1. The number of aliphatic hydroxyl groups is 1. The summed E-state index contributed by atoms with van der Waals surface area (Å²) >= 11 is 0. The van der Waals surface area contributed by atoms with Crippen LogP contribution in [0.25, 0.3) is 0 Å². The molecule has 2 saturated carbocycles. The third-order valence-corrected chi connectivity index (χ3v) is 4.78. The number of piperidine rings is 1. The van der Waals surface area contributed by atoms with Crippen LogP contribution in [0, 0.1) is 11.8 Å². The van der Waals surface area contributed by atoms with Gasteiger partial charge in [0.05, 0.1) is 6.10 Å². The second kappa shape index (κ2) is 4.60. The summed E-state index contributed by atoms with van der Waals surface area (Å²) in [6.07, 6.45) is 8.69. The Bertz CT molecular complexity index is 301. The molecule has 3 unspecified atom stereocenters. The third-order valence-electron chi connectivity index (χ3n) is 4.78.